The molecule has 7 heteroatoms. The lowest BCUT2D eigenvalue weighted by Gasteiger charge is -2.32. The third-order valence-electron chi connectivity index (χ3n) is 4.51. The molecule has 2 amide bonds. The number of ether oxygens (including phenoxy) is 1. The van der Waals surface area contributed by atoms with Gasteiger partial charge in [0.1, 0.15) is 12.3 Å². The number of hydrogen-bond acceptors (Lipinski definition) is 4. The van der Waals surface area contributed by atoms with Gasteiger partial charge in [-0.05, 0) is 62.2 Å². The Morgan fingerprint density at radius 1 is 1.15 bits per heavy atom. The molecule has 7 nitrogen and oxygen atoms in total. The van der Waals surface area contributed by atoms with E-state index in [9.17, 15) is 19.5 Å². The van der Waals surface area contributed by atoms with E-state index in [1.54, 1.807) is 13.0 Å². The molecule has 0 fully saturated rings. The minimum absolute atomic E-state index is 0.0132. The summed E-state index contributed by atoms with van der Waals surface area (Å²) in [6.45, 7) is 5.27. The molecular formula is C20H20N2O5. The second-order valence-electron chi connectivity index (χ2n) is 6.52. The minimum atomic E-state index is -1.12. The van der Waals surface area contributed by atoms with Crippen LogP contribution >= 0.6 is 0 Å². The summed E-state index contributed by atoms with van der Waals surface area (Å²) in [5.74, 6) is -1.54. The molecule has 0 saturated carbocycles. The first-order valence-corrected chi connectivity index (χ1v) is 8.48. The largest absolute Gasteiger partial charge is 0.479 e. The highest BCUT2D eigenvalue weighted by Gasteiger charge is 2.33. The van der Waals surface area contributed by atoms with Crippen LogP contribution in [0.5, 0.6) is 5.75 Å². The molecule has 0 bridgehead atoms. The Morgan fingerprint density at radius 2 is 1.89 bits per heavy atom. The molecule has 1 unspecified atom stereocenters. The summed E-state index contributed by atoms with van der Waals surface area (Å²) in [5, 5.41) is 12.0. The van der Waals surface area contributed by atoms with E-state index in [-0.39, 0.29) is 23.7 Å². The van der Waals surface area contributed by atoms with Crippen molar-refractivity contribution in [3.63, 3.8) is 0 Å². The van der Waals surface area contributed by atoms with E-state index in [1.165, 1.54) is 23.1 Å². The summed E-state index contributed by atoms with van der Waals surface area (Å²) >= 11 is 0. The predicted octanol–water partition coefficient (Wildman–Crippen LogP) is 2.75. The van der Waals surface area contributed by atoms with Crippen molar-refractivity contribution in [2.75, 3.05) is 16.8 Å². The lowest BCUT2D eigenvalue weighted by Crippen LogP contribution is -2.47. The van der Waals surface area contributed by atoms with Gasteiger partial charge in [-0.25, -0.2) is 4.79 Å². The summed E-state index contributed by atoms with van der Waals surface area (Å²) in [6, 6.07) is 9.78. The van der Waals surface area contributed by atoms with Gasteiger partial charge in [-0.3, -0.25) is 14.5 Å². The van der Waals surface area contributed by atoms with E-state index in [2.05, 4.69) is 5.32 Å². The molecule has 0 aromatic heterocycles. The second kappa shape index (κ2) is 7.11. The highest BCUT2D eigenvalue weighted by Crippen LogP contribution is 2.35. The number of hydrogen-bond donors (Lipinski definition) is 2. The Labute approximate surface area is 156 Å². The van der Waals surface area contributed by atoms with Gasteiger partial charge in [0.15, 0.2) is 6.10 Å². The summed E-state index contributed by atoms with van der Waals surface area (Å²) in [6.07, 6.45) is -0.761. The van der Waals surface area contributed by atoms with Gasteiger partial charge in [-0.1, -0.05) is 6.07 Å². The lowest BCUT2D eigenvalue weighted by molar-refractivity contribution is -0.127. The van der Waals surface area contributed by atoms with Gasteiger partial charge in [-0.15, -0.1) is 0 Å². The predicted molar refractivity (Wildman–Crippen MR) is 100 cm³/mol. The van der Waals surface area contributed by atoms with Gasteiger partial charge >= 0.3 is 5.97 Å². The molecule has 27 heavy (non-hydrogen) atoms. The number of benzene rings is 2. The number of anilines is 2. The number of carboxylic acids is 1. The molecule has 2 aromatic rings. The quantitative estimate of drug-likeness (QED) is 0.865. The van der Waals surface area contributed by atoms with Crippen LogP contribution in [0.15, 0.2) is 36.4 Å². The molecule has 3 rings (SSSR count). The molecule has 0 saturated heterocycles. The Hall–Kier alpha value is -3.35. The summed E-state index contributed by atoms with van der Waals surface area (Å²) in [5.41, 5.74) is 3.07. The van der Waals surface area contributed by atoms with E-state index >= 15 is 0 Å². The van der Waals surface area contributed by atoms with Crippen molar-refractivity contribution in [1.29, 1.82) is 0 Å². The van der Waals surface area contributed by atoms with Crippen LogP contribution in [-0.4, -0.2) is 35.5 Å². The Kier molecular flexibility index (Phi) is 4.85. The molecule has 140 valence electrons. The van der Waals surface area contributed by atoms with Crippen LogP contribution < -0.4 is 15.0 Å². The maximum absolute atomic E-state index is 12.5. The number of aryl methyl sites for hydroxylation is 2. The van der Waals surface area contributed by atoms with Gasteiger partial charge in [0.05, 0.1) is 11.3 Å². The zero-order valence-electron chi connectivity index (χ0n) is 15.3. The molecule has 0 aliphatic carbocycles. The molecule has 2 aromatic carbocycles. The Morgan fingerprint density at radius 3 is 2.56 bits per heavy atom. The van der Waals surface area contributed by atoms with Crippen LogP contribution in [0, 0.1) is 13.8 Å². The monoisotopic (exact) mass is 368 g/mol. The fraction of sp³-hybridized carbons (Fsp3) is 0.250. The van der Waals surface area contributed by atoms with Crippen molar-refractivity contribution < 1.29 is 24.2 Å². The second-order valence-corrected chi connectivity index (χ2v) is 6.52. The van der Waals surface area contributed by atoms with E-state index in [0.29, 0.717) is 11.4 Å². The number of carbonyl (C=O) groups excluding carboxylic acids is 2. The molecule has 0 spiro atoms. The van der Waals surface area contributed by atoms with Crippen molar-refractivity contribution >= 4 is 29.2 Å². The normalized spacial score (nSPS) is 15.7. The topological polar surface area (TPSA) is 95.9 Å². The number of carbonyl (C=O) groups is 3. The molecule has 1 heterocycles. The smallest absolute Gasteiger partial charge is 0.335 e. The maximum Gasteiger partial charge on any atom is 0.335 e. The molecule has 1 aliphatic rings. The Balaban J connectivity index is 1.85. The molecule has 1 atom stereocenters. The van der Waals surface area contributed by atoms with E-state index in [1.807, 2.05) is 26.0 Å². The number of carboxylic acid groups (broad SMARTS) is 1. The van der Waals surface area contributed by atoms with E-state index in [4.69, 9.17) is 4.74 Å². The molecule has 2 N–H and O–H groups in total. The van der Waals surface area contributed by atoms with Crippen molar-refractivity contribution in [2.45, 2.75) is 26.9 Å². The maximum atomic E-state index is 12.5. The Bertz CT molecular complexity index is 938. The van der Waals surface area contributed by atoms with Crippen molar-refractivity contribution in [1.82, 2.24) is 0 Å². The van der Waals surface area contributed by atoms with Crippen molar-refractivity contribution in [3.8, 4) is 5.75 Å². The van der Waals surface area contributed by atoms with Crippen LogP contribution in [-0.2, 0) is 9.59 Å². The van der Waals surface area contributed by atoms with Crippen LogP contribution in [0.2, 0.25) is 0 Å². The SMILES string of the molecule is Cc1ccc(NC(=O)CN2C(=O)C(C)Oc3ccc(C(=O)O)cc32)cc1C. The van der Waals surface area contributed by atoms with Crippen LogP contribution in [0.1, 0.15) is 28.4 Å². The van der Waals surface area contributed by atoms with Gasteiger partial charge in [0, 0.05) is 5.69 Å². The number of fused-ring (bicyclic) bond motifs is 1. The summed E-state index contributed by atoms with van der Waals surface area (Å²) in [7, 11) is 0. The molecule has 0 radical (unpaired) electrons. The first kappa shape index (κ1) is 18.4. The summed E-state index contributed by atoms with van der Waals surface area (Å²) in [4.78, 5) is 37.5. The third kappa shape index (κ3) is 3.76. The third-order valence-corrected chi connectivity index (χ3v) is 4.51. The average molecular weight is 368 g/mol. The number of aromatic carboxylic acids is 1. The highest BCUT2D eigenvalue weighted by atomic mass is 16.5. The number of rotatable bonds is 4. The van der Waals surface area contributed by atoms with E-state index in [0.717, 1.165) is 11.1 Å². The molecular weight excluding hydrogens is 348 g/mol. The summed E-state index contributed by atoms with van der Waals surface area (Å²) < 4.78 is 5.52. The zero-order chi connectivity index (χ0) is 19.7. The van der Waals surface area contributed by atoms with Gasteiger partial charge in [0.2, 0.25) is 5.91 Å². The zero-order valence-corrected chi connectivity index (χ0v) is 15.3. The molecule has 1 aliphatic heterocycles. The minimum Gasteiger partial charge on any atom is -0.479 e. The van der Waals surface area contributed by atoms with Crippen LogP contribution in [0.4, 0.5) is 11.4 Å². The van der Waals surface area contributed by atoms with Crippen LogP contribution in [0.3, 0.4) is 0 Å². The van der Waals surface area contributed by atoms with Crippen molar-refractivity contribution in [2.24, 2.45) is 0 Å². The fourth-order valence-electron chi connectivity index (χ4n) is 2.87. The fourth-order valence-corrected chi connectivity index (χ4v) is 2.87. The van der Waals surface area contributed by atoms with Crippen molar-refractivity contribution in [3.05, 3.63) is 53.1 Å². The first-order chi connectivity index (χ1) is 12.8. The standard InChI is InChI=1S/C20H20N2O5/c1-11-4-6-15(8-12(11)2)21-18(23)10-22-16-9-14(20(25)26)5-7-17(16)27-13(3)19(22)24/h4-9,13H,10H2,1-3H3,(H,21,23)(H,25,26). The van der Waals surface area contributed by atoms with Gasteiger partial charge < -0.3 is 15.2 Å². The average Bonchev–Trinajstić information content (AvgIpc) is 2.61. The number of nitrogens with one attached hydrogen (secondary N) is 1. The highest BCUT2D eigenvalue weighted by molar-refractivity contribution is 6.06. The van der Waals surface area contributed by atoms with Gasteiger partial charge in [0.25, 0.3) is 5.91 Å². The number of nitrogens with zero attached hydrogens (tertiary/aromatic N) is 1. The first-order valence-electron chi connectivity index (χ1n) is 8.48. The lowest BCUT2D eigenvalue weighted by atomic mass is 10.1. The van der Waals surface area contributed by atoms with E-state index < -0.39 is 18.0 Å². The van der Waals surface area contributed by atoms with Crippen LogP contribution in [0.25, 0.3) is 0 Å². The number of amides is 2. The van der Waals surface area contributed by atoms with Gasteiger partial charge in [-0.2, -0.15) is 0 Å².